The lowest BCUT2D eigenvalue weighted by atomic mass is 10.2. The molecular formula is C13H15BrN2S. The molecule has 0 unspecified atom stereocenters. The van der Waals surface area contributed by atoms with Gasteiger partial charge in [0.2, 0.25) is 0 Å². The Morgan fingerprint density at radius 3 is 2.65 bits per heavy atom. The van der Waals surface area contributed by atoms with E-state index in [1.54, 1.807) is 11.3 Å². The molecule has 0 aliphatic rings. The standard InChI is InChI=1S/C13H15BrN2S/c1-2-16(9-13-10(14)7-8-17-13)12-6-4-3-5-11(12)15/h3-8H,2,9,15H2,1H3. The van der Waals surface area contributed by atoms with Crippen LogP contribution < -0.4 is 10.6 Å². The molecule has 4 heteroatoms. The maximum absolute atomic E-state index is 6.01. The minimum absolute atomic E-state index is 0.835. The third-order valence-electron chi connectivity index (χ3n) is 2.68. The van der Waals surface area contributed by atoms with Crippen molar-refractivity contribution in [2.75, 3.05) is 17.2 Å². The molecule has 0 fully saturated rings. The molecule has 0 radical (unpaired) electrons. The first-order chi connectivity index (χ1) is 8.22. The highest BCUT2D eigenvalue weighted by molar-refractivity contribution is 9.10. The summed E-state index contributed by atoms with van der Waals surface area (Å²) in [5.74, 6) is 0. The van der Waals surface area contributed by atoms with Gasteiger partial charge in [0.15, 0.2) is 0 Å². The summed E-state index contributed by atoms with van der Waals surface area (Å²) < 4.78 is 1.18. The largest absolute Gasteiger partial charge is 0.397 e. The van der Waals surface area contributed by atoms with Gasteiger partial charge < -0.3 is 10.6 Å². The SMILES string of the molecule is CCN(Cc1sccc1Br)c1ccccc1N. The number of nitrogen functional groups attached to an aromatic ring is 1. The number of hydrogen-bond acceptors (Lipinski definition) is 3. The quantitative estimate of drug-likeness (QED) is 0.861. The van der Waals surface area contributed by atoms with Gasteiger partial charge in [0.25, 0.3) is 0 Å². The number of hydrogen-bond donors (Lipinski definition) is 1. The predicted molar refractivity (Wildman–Crippen MR) is 79.6 cm³/mol. The average molecular weight is 311 g/mol. The second kappa shape index (κ2) is 5.56. The molecule has 0 bridgehead atoms. The number of para-hydroxylation sites is 2. The molecule has 0 amide bonds. The van der Waals surface area contributed by atoms with E-state index in [0.29, 0.717) is 0 Å². The Labute approximate surface area is 114 Å². The molecule has 1 heterocycles. The molecule has 0 aliphatic carbocycles. The van der Waals surface area contributed by atoms with Gasteiger partial charge in [0.1, 0.15) is 0 Å². The zero-order chi connectivity index (χ0) is 12.3. The molecule has 0 aliphatic heterocycles. The second-order valence-electron chi connectivity index (χ2n) is 3.76. The summed E-state index contributed by atoms with van der Waals surface area (Å²) >= 11 is 5.33. The van der Waals surface area contributed by atoms with Crippen molar-refractivity contribution in [1.29, 1.82) is 0 Å². The highest BCUT2D eigenvalue weighted by Crippen LogP contribution is 2.28. The van der Waals surface area contributed by atoms with E-state index in [9.17, 15) is 0 Å². The molecular weight excluding hydrogens is 296 g/mol. The third-order valence-corrected chi connectivity index (χ3v) is 4.60. The van der Waals surface area contributed by atoms with E-state index in [4.69, 9.17) is 5.73 Å². The molecule has 1 aromatic heterocycles. The summed E-state index contributed by atoms with van der Waals surface area (Å²) in [6, 6.07) is 10.1. The Balaban J connectivity index is 2.23. The minimum Gasteiger partial charge on any atom is -0.397 e. The predicted octanol–water partition coefficient (Wildman–Crippen LogP) is 4.12. The van der Waals surface area contributed by atoms with E-state index in [1.165, 1.54) is 9.35 Å². The number of nitrogens with two attached hydrogens (primary N) is 1. The molecule has 0 spiro atoms. The smallest absolute Gasteiger partial charge is 0.0603 e. The minimum atomic E-state index is 0.835. The van der Waals surface area contributed by atoms with Crippen LogP contribution in [0.5, 0.6) is 0 Å². The molecule has 0 saturated heterocycles. The topological polar surface area (TPSA) is 29.3 Å². The lowest BCUT2D eigenvalue weighted by molar-refractivity contribution is 0.842. The summed E-state index contributed by atoms with van der Waals surface area (Å²) in [5.41, 5.74) is 7.96. The van der Waals surface area contributed by atoms with Crippen molar-refractivity contribution in [3.63, 3.8) is 0 Å². The molecule has 2 rings (SSSR count). The monoisotopic (exact) mass is 310 g/mol. The van der Waals surface area contributed by atoms with Crippen LogP contribution in [0.1, 0.15) is 11.8 Å². The van der Waals surface area contributed by atoms with Crippen LogP contribution in [0.3, 0.4) is 0 Å². The van der Waals surface area contributed by atoms with Gasteiger partial charge in [-0.2, -0.15) is 0 Å². The maximum atomic E-state index is 6.01. The van der Waals surface area contributed by atoms with Gasteiger partial charge in [0, 0.05) is 15.9 Å². The summed E-state index contributed by atoms with van der Waals surface area (Å²) in [7, 11) is 0. The van der Waals surface area contributed by atoms with Crippen molar-refractivity contribution in [3.8, 4) is 0 Å². The molecule has 2 nitrogen and oxygen atoms in total. The lowest BCUT2D eigenvalue weighted by Gasteiger charge is -2.24. The molecule has 1 aromatic carbocycles. The van der Waals surface area contributed by atoms with E-state index in [-0.39, 0.29) is 0 Å². The van der Waals surface area contributed by atoms with E-state index < -0.39 is 0 Å². The Hall–Kier alpha value is -1.00. The van der Waals surface area contributed by atoms with Crippen LogP contribution in [0, 0.1) is 0 Å². The van der Waals surface area contributed by atoms with Crippen LogP contribution in [0.4, 0.5) is 11.4 Å². The lowest BCUT2D eigenvalue weighted by Crippen LogP contribution is -2.22. The van der Waals surface area contributed by atoms with E-state index in [0.717, 1.165) is 24.5 Å². The average Bonchev–Trinajstić information content (AvgIpc) is 2.73. The van der Waals surface area contributed by atoms with Crippen LogP contribution in [0.25, 0.3) is 0 Å². The van der Waals surface area contributed by atoms with Gasteiger partial charge in [0.05, 0.1) is 17.9 Å². The Bertz CT molecular complexity index is 496. The van der Waals surface area contributed by atoms with Gasteiger partial charge >= 0.3 is 0 Å². The molecule has 0 saturated carbocycles. The van der Waals surface area contributed by atoms with E-state index in [1.807, 2.05) is 18.2 Å². The summed E-state index contributed by atoms with van der Waals surface area (Å²) in [4.78, 5) is 3.61. The Morgan fingerprint density at radius 2 is 2.06 bits per heavy atom. The first-order valence-electron chi connectivity index (χ1n) is 5.53. The van der Waals surface area contributed by atoms with Gasteiger partial charge in [-0.3, -0.25) is 0 Å². The van der Waals surface area contributed by atoms with Gasteiger partial charge in [-0.15, -0.1) is 11.3 Å². The molecule has 17 heavy (non-hydrogen) atoms. The van der Waals surface area contributed by atoms with Crippen LogP contribution >= 0.6 is 27.3 Å². The molecule has 2 aromatic rings. The second-order valence-corrected chi connectivity index (χ2v) is 5.62. The maximum Gasteiger partial charge on any atom is 0.0603 e. The fourth-order valence-corrected chi connectivity index (χ4v) is 3.25. The van der Waals surface area contributed by atoms with Crippen molar-refractivity contribution >= 4 is 38.6 Å². The summed E-state index contributed by atoms with van der Waals surface area (Å²) in [6.07, 6.45) is 0. The Kier molecular flexibility index (Phi) is 4.07. The van der Waals surface area contributed by atoms with Gasteiger partial charge in [-0.25, -0.2) is 0 Å². The highest BCUT2D eigenvalue weighted by atomic mass is 79.9. The van der Waals surface area contributed by atoms with Crippen LogP contribution in [-0.2, 0) is 6.54 Å². The number of rotatable bonds is 4. The van der Waals surface area contributed by atoms with E-state index >= 15 is 0 Å². The van der Waals surface area contributed by atoms with Crippen molar-refractivity contribution < 1.29 is 0 Å². The van der Waals surface area contributed by atoms with Crippen LogP contribution in [0.15, 0.2) is 40.2 Å². The van der Waals surface area contributed by atoms with Gasteiger partial charge in [-0.05, 0) is 46.4 Å². The van der Waals surface area contributed by atoms with Crippen molar-refractivity contribution in [3.05, 3.63) is 45.1 Å². The van der Waals surface area contributed by atoms with E-state index in [2.05, 4.69) is 45.3 Å². The van der Waals surface area contributed by atoms with Crippen molar-refractivity contribution in [1.82, 2.24) is 0 Å². The van der Waals surface area contributed by atoms with Crippen LogP contribution in [-0.4, -0.2) is 6.54 Å². The summed E-state index contributed by atoms with van der Waals surface area (Å²) in [5, 5.41) is 2.10. The molecule has 0 atom stereocenters. The highest BCUT2D eigenvalue weighted by Gasteiger charge is 2.10. The Morgan fingerprint density at radius 1 is 1.29 bits per heavy atom. The van der Waals surface area contributed by atoms with Gasteiger partial charge in [-0.1, -0.05) is 12.1 Å². The number of nitrogens with zero attached hydrogens (tertiary/aromatic N) is 1. The summed E-state index contributed by atoms with van der Waals surface area (Å²) in [6.45, 7) is 3.98. The third kappa shape index (κ3) is 2.82. The van der Waals surface area contributed by atoms with Crippen molar-refractivity contribution in [2.45, 2.75) is 13.5 Å². The normalized spacial score (nSPS) is 10.5. The number of anilines is 2. The first-order valence-corrected chi connectivity index (χ1v) is 7.21. The fourth-order valence-electron chi connectivity index (χ4n) is 1.75. The fraction of sp³-hybridized carbons (Fsp3) is 0.231. The number of benzene rings is 1. The van der Waals surface area contributed by atoms with Crippen LogP contribution in [0.2, 0.25) is 0 Å². The molecule has 90 valence electrons. The first kappa shape index (κ1) is 12.5. The number of halogens is 1. The number of thiophene rings is 1. The zero-order valence-corrected chi connectivity index (χ0v) is 12.1. The molecule has 2 N–H and O–H groups in total. The zero-order valence-electron chi connectivity index (χ0n) is 9.69. The van der Waals surface area contributed by atoms with Crippen molar-refractivity contribution in [2.24, 2.45) is 0 Å².